The van der Waals surface area contributed by atoms with Crippen molar-refractivity contribution in [1.82, 2.24) is 0 Å². The Balaban J connectivity index is 1.53. The molecule has 0 aromatic heterocycles. The van der Waals surface area contributed by atoms with E-state index in [0.29, 0.717) is 23.7 Å². The van der Waals surface area contributed by atoms with Crippen molar-refractivity contribution in [3.63, 3.8) is 0 Å². The van der Waals surface area contributed by atoms with E-state index >= 15 is 0 Å². The molecule has 0 spiro atoms. The number of aliphatic hydroxyl groups is 1. The summed E-state index contributed by atoms with van der Waals surface area (Å²) in [6, 6.07) is -0.197. The van der Waals surface area contributed by atoms with Gasteiger partial charge in [-0.2, -0.15) is 9.81 Å². The zero-order chi connectivity index (χ0) is 22.2. The second-order valence-electron chi connectivity index (χ2n) is 12.1. The van der Waals surface area contributed by atoms with Crippen LogP contribution < -0.4 is 0 Å². The van der Waals surface area contributed by atoms with Crippen molar-refractivity contribution in [1.29, 1.82) is 0 Å². The van der Waals surface area contributed by atoms with E-state index in [4.69, 9.17) is 0 Å². The second-order valence-corrected chi connectivity index (χ2v) is 12.1. The average molecular weight is 433 g/mol. The van der Waals surface area contributed by atoms with Crippen molar-refractivity contribution in [3.05, 3.63) is 9.81 Å². The summed E-state index contributed by atoms with van der Waals surface area (Å²) in [5.74, 6) is 2.39. The Kier molecular flexibility index (Phi) is 6.91. The van der Waals surface area contributed by atoms with Crippen LogP contribution in [0.25, 0.3) is 0 Å². The van der Waals surface area contributed by atoms with Gasteiger partial charge in [-0.15, -0.1) is 0 Å². The molecule has 4 rings (SSSR count). The van der Waals surface area contributed by atoms with Crippen LogP contribution in [0.4, 0.5) is 0 Å². The fourth-order valence-corrected chi connectivity index (χ4v) is 9.18. The monoisotopic (exact) mass is 432 g/mol. The van der Waals surface area contributed by atoms with E-state index in [-0.39, 0.29) is 34.9 Å². The molecular weight excluding hydrogens is 388 g/mol. The number of fused-ring (bicyclic) bond motifs is 5. The van der Waals surface area contributed by atoms with E-state index in [0.717, 1.165) is 44.9 Å². The first-order chi connectivity index (χ1) is 14.9. The summed E-state index contributed by atoms with van der Waals surface area (Å²) in [7, 11) is 0. The smallest absolute Gasteiger partial charge is 0.0956 e. The minimum atomic E-state index is -0.268. The standard InChI is InChI=1S/C26H44N2O3/c1-4-5-6-7-8-23(27-30)21-10-9-19-18-16-24(28-31)22-15-17(29)11-13-26(22,3)20(18)12-14-25(19,21)2/h17-24,29H,4-16H2,1-3H3/t17-,18-,19?,20-,21?,22?,23?,24?,25-,26+/m0/s1. The number of hydrogen-bond donors (Lipinski definition) is 1. The molecule has 0 bridgehead atoms. The number of aliphatic hydroxyl groups excluding tert-OH is 1. The first-order valence-electron chi connectivity index (χ1n) is 13.2. The van der Waals surface area contributed by atoms with Crippen LogP contribution in [0.1, 0.15) is 104 Å². The van der Waals surface area contributed by atoms with E-state index in [9.17, 15) is 14.9 Å². The summed E-state index contributed by atoms with van der Waals surface area (Å²) >= 11 is 0. The molecule has 5 nitrogen and oxygen atoms in total. The van der Waals surface area contributed by atoms with Crippen LogP contribution in [0, 0.1) is 50.2 Å². The predicted molar refractivity (Wildman–Crippen MR) is 125 cm³/mol. The van der Waals surface area contributed by atoms with Gasteiger partial charge < -0.3 is 5.11 Å². The van der Waals surface area contributed by atoms with Crippen molar-refractivity contribution in [2.75, 3.05) is 0 Å². The van der Waals surface area contributed by atoms with Crippen LogP contribution in [-0.4, -0.2) is 23.3 Å². The Labute approximate surface area is 188 Å². The van der Waals surface area contributed by atoms with Crippen molar-refractivity contribution in [2.45, 2.75) is 122 Å². The quantitative estimate of drug-likeness (QED) is 0.336. The number of nitroso groups, excluding NO2 is 2. The summed E-state index contributed by atoms with van der Waals surface area (Å²) < 4.78 is 0. The molecule has 10 atom stereocenters. The van der Waals surface area contributed by atoms with E-state index in [1.54, 1.807) is 0 Å². The SMILES string of the molecule is CCCCCCC(N=O)C1CCC2[C@@H]3CC(N=O)C4C[C@@H](O)CC[C@]4(C)[C@H]3CC[C@]12C. The zero-order valence-corrected chi connectivity index (χ0v) is 20.0. The lowest BCUT2D eigenvalue weighted by Crippen LogP contribution is -2.58. The van der Waals surface area contributed by atoms with Crippen LogP contribution in [0.3, 0.4) is 0 Å². The Bertz CT molecular complexity index is 657. The Morgan fingerprint density at radius 3 is 2.35 bits per heavy atom. The molecule has 176 valence electrons. The minimum absolute atomic E-state index is 0.0415. The van der Waals surface area contributed by atoms with E-state index < -0.39 is 0 Å². The van der Waals surface area contributed by atoms with Gasteiger partial charge in [0.25, 0.3) is 0 Å². The summed E-state index contributed by atoms with van der Waals surface area (Å²) in [5.41, 5.74) is 0.303. The van der Waals surface area contributed by atoms with Crippen LogP contribution in [0.2, 0.25) is 0 Å². The van der Waals surface area contributed by atoms with Crippen LogP contribution >= 0.6 is 0 Å². The van der Waals surface area contributed by atoms with Gasteiger partial charge in [0.1, 0.15) is 0 Å². The van der Waals surface area contributed by atoms with E-state index in [1.165, 1.54) is 38.5 Å². The molecule has 0 aliphatic heterocycles. The van der Waals surface area contributed by atoms with Crippen molar-refractivity contribution in [3.8, 4) is 0 Å². The van der Waals surface area contributed by atoms with Crippen molar-refractivity contribution in [2.24, 2.45) is 50.8 Å². The highest BCUT2D eigenvalue weighted by atomic mass is 16.3. The third-order valence-corrected chi connectivity index (χ3v) is 10.8. The Morgan fingerprint density at radius 1 is 0.903 bits per heavy atom. The molecule has 0 saturated heterocycles. The van der Waals surface area contributed by atoms with Crippen molar-refractivity contribution >= 4 is 0 Å². The molecule has 0 heterocycles. The highest BCUT2D eigenvalue weighted by molar-refractivity contribution is 5.13. The lowest BCUT2D eigenvalue weighted by atomic mass is 9.43. The minimum Gasteiger partial charge on any atom is -0.393 e. The molecule has 31 heavy (non-hydrogen) atoms. The number of rotatable bonds is 8. The predicted octanol–water partition coefficient (Wildman–Crippen LogP) is 6.86. The van der Waals surface area contributed by atoms with Gasteiger partial charge in [-0.05, 0) is 98.2 Å². The van der Waals surface area contributed by atoms with Gasteiger partial charge in [0, 0.05) is 0 Å². The van der Waals surface area contributed by atoms with Crippen LogP contribution in [0.5, 0.6) is 0 Å². The van der Waals surface area contributed by atoms with Gasteiger partial charge in [0.05, 0.1) is 18.2 Å². The molecule has 4 fully saturated rings. The fraction of sp³-hybridized carbons (Fsp3) is 1.00. The fourth-order valence-electron chi connectivity index (χ4n) is 9.18. The summed E-state index contributed by atoms with van der Waals surface area (Å²) in [5, 5.41) is 17.6. The Morgan fingerprint density at radius 2 is 1.65 bits per heavy atom. The summed E-state index contributed by atoms with van der Waals surface area (Å²) in [6.45, 7) is 7.07. The first kappa shape index (κ1) is 23.3. The summed E-state index contributed by atoms with van der Waals surface area (Å²) in [6.07, 6.45) is 13.7. The maximum atomic E-state index is 11.9. The molecule has 0 amide bonds. The Hall–Kier alpha value is -0.840. The van der Waals surface area contributed by atoms with Crippen LogP contribution in [-0.2, 0) is 0 Å². The zero-order valence-electron chi connectivity index (χ0n) is 20.0. The second kappa shape index (κ2) is 9.19. The molecule has 5 unspecified atom stereocenters. The summed E-state index contributed by atoms with van der Waals surface area (Å²) in [4.78, 5) is 23.8. The van der Waals surface area contributed by atoms with Gasteiger partial charge in [-0.1, -0.05) is 56.8 Å². The van der Waals surface area contributed by atoms with Crippen LogP contribution in [0.15, 0.2) is 10.4 Å². The first-order valence-corrected chi connectivity index (χ1v) is 13.2. The van der Waals surface area contributed by atoms with E-state index in [2.05, 4.69) is 31.1 Å². The topological polar surface area (TPSA) is 79.1 Å². The third-order valence-electron chi connectivity index (χ3n) is 10.8. The lowest BCUT2D eigenvalue weighted by Gasteiger charge is -2.62. The highest BCUT2D eigenvalue weighted by Gasteiger charge is 2.63. The van der Waals surface area contributed by atoms with E-state index in [1.807, 2.05) is 0 Å². The molecule has 1 N–H and O–H groups in total. The van der Waals surface area contributed by atoms with Gasteiger partial charge in [0.15, 0.2) is 0 Å². The van der Waals surface area contributed by atoms with Crippen molar-refractivity contribution < 1.29 is 5.11 Å². The molecule has 0 radical (unpaired) electrons. The molecular formula is C26H44N2O3. The van der Waals surface area contributed by atoms with Gasteiger partial charge in [0.2, 0.25) is 0 Å². The lowest BCUT2D eigenvalue weighted by molar-refractivity contribution is -0.134. The maximum Gasteiger partial charge on any atom is 0.0956 e. The maximum absolute atomic E-state index is 11.9. The van der Waals surface area contributed by atoms with Gasteiger partial charge >= 0.3 is 0 Å². The highest BCUT2D eigenvalue weighted by Crippen LogP contribution is 2.68. The number of hydrogen-bond acceptors (Lipinski definition) is 5. The van der Waals surface area contributed by atoms with Gasteiger partial charge in [-0.25, -0.2) is 0 Å². The number of nitrogens with zero attached hydrogens (tertiary/aromatic N) is 2. The average Bonchev–Trinajstić information content (AvgIpc) is 3.11. The normalized spacial score (nSPS) is 47.7. The largest absolute Gasteiger partial charge is 0.393 e. The number of unbranched alkanes of at least 4 members (excludes halogenated alkanes) is 3. The molecule has 4 aliphatic carbocycles. The molecule has 0 aromatic carbocycles. The third kappa shape index (κ3) is 3.91. The molecule has 4 saturated carbocycles. The van der Waals surface area contributed by atoms with Gasteiger partial charge in [-0.3, -0.25) is 0 Å². The molecule has 0 aromatic rings. The molecule has 4 aliphatic rings. The molecule has 5 heteroatoms.